The van der Waals surface area contributed by atoms with Gasteiger partial charge in [0.1, 0.15) is 5.75 Å². The molecule has 0 unspecified atom stereocenters. The van der Waals surface area contributed by atoms with E-state index in [0.29, 0.717) is 11.4 Å². The van der Waals surface area contributed by atoms with Crippen LogP contribution in [0.15, 0.2) is 30.3 Å². The Morgan fingerprint density at radius 2 is 1.89 bits per heavy atom. The summed E-state index contributed by atoms with van der Waals surface area (Å²) < 4.78 is 5.75. The van der Waals surface area contributed by atoms with Gasteiger partial charge >= 0.3 is 0 Å². The molecule has 0 bridgehead atoms. The molecule has 1 heterocycles. The molecule has 2 aromatic rings. The molecule has 0 saturated carbocycles. The van der Waals surface area contributed by atoms with Crippen LogP contribution in [0.3, 0.4) is 0 Å². The average Bonchev–Trinajstić information content (AvgIpc) is 2.33. The van der Waals surface area contributed by atoms with E-state index in [9.17, 15) is 0 Å². The van der Waals surface area contributed by atoms with Crippen LogP contribution in [-0.2, 0) is 0 Å². The van der Waals surface area contributed by atoms with Gasteiger partial charge in [0, 0.05) is 11.8 Å². The summed E-state index contributed by atoms with van der Waals surface area (Å²) in [7, 11) is 0. The first-order valence-electron chi connectivity index (χ1n) is 5.72. The number of pyridine rings is 1. The van der Waals surface area contributed by atoms with Crippen molar-refractivity contribution in [2.24, 2.45) is 0 Å². The third kappa shape index (κ3) is 2.67. The number of hydrogen-bond acceptors (Lipinski definition) is 3. The van der Waals surface area contributed by atoms with Gasteiger partial charge in [-0.05, 0) is 44.0 Å². The molecule has 0 amide bonds. The second-order valence-electron chi connectivity index (χ2n) is 4.32. The lowest BCUT2D eigenvalue weighted by Gasteiger charge is -2.09. The van der Waals surface area contributed by atoms with Crippen LogP contribution in [0.5, 0.6) is 11.6 Å². The van der Waals surface area contributed by atoms with Crippen LogP contribution in [0, 0.1) is 32.1 Å². The van der Waals surface area contributed by atoms with Crippen LogP contribution in [0.1, 0.15) is 22.4 Å². The van der Waals surface area contributed by atoms with Gasteiger partial charge in [0.15, 0.2) is 0 Å². The molecular weight excluding hydrogens is 224 g/mol. The molecule has 0 atom stereocenters. The lowest BCUT2D eigenvalue weighted by molar-refractivity contribution is 0.457. The smallest absolute Gasteiger partial charge is 0.220 e. The normalized spacial score (nSPS) is 9.89. The van der Waals surface area contributed by atoms with Crippen molar-refractivity contribution in [2.45, 2.75) is 20.8 Å². The second kappa shape index (κ2) is 4.89. The first kappa shape index (κ1) is 12.1. The van der Waals surface area contributed by atoms with Gasteiger partial charge in [-0.15, -0.1) is 0 Å². The molecule has 90 valence electrons. The summed E-state index contributed by atoms with van der Waals surface area (Å²) in [5.41, 5.74) is 3.50. The topological polar surface area (TPSA) is 45.9 Å². The van der Waals surface area contributed by atoms with Crippen molar-refractivity contribution in [3.05, 3.63) is 52.7 Å². The summed E-state index contributed by atoms with van der Waals surface area (Å²) in [6, 6.07) is 11.5. The molecule has 0 aliphatic carbocycles. The summed E-state index contributed by atoms with van der Waals surface area (Å²) in [6.07, 6.45) is 0. The zero-order valence-electron chi connectivity index (χ0n) is 10.7. The maximum Gasteiger partial charge on any atom is 0.220 e. The molecule has 0 fully saturated rings. The Labute approximate surface area is 107 Å². The van der Waals surface area contributed by atoms with Crippen molar-refractivity contribution in [3.8, 4) is 17.7 Å². The molecule has 0 radical (unpaired) electrons. The summed E-state index contributed by atoms with van der Waals surface area (Å²) in [6.45, 7) is 5.84. The largest absolute Gasteiger partial charge is 0.439 e. The third-order valence-electron chi connectivity index (χ3n) is 2.62. The lowest BCUT2D eigenvalue weighted by Crippen LogP contribution is -1.93. The molecule has 0 spiro atoms. The van der Waals surface area contributed by atoms with E-state index in [2.05, 4.69) is 11.1 Å². The molecule has 1 aromatic carbocycles. The average molecular weight is 238 g/mol. The van der Waals surface area contributed by atoms with Crippen molar-refractivity contribution < 1.29 is 4.74 Å². The Balaban J connectivity index is 2.37. The SMILES string of the molecule is Cc1ccc(C)c(Oc2cc(C#N)cc(C)n2)c1. The number of aryl methyl sites for hydroxylation is 3. The van der Waals surface area contributed by atoms with Gasteiger partial charge in [0.05, 0.1) is 11.6 Å². The van der Waals surface area contributed by atoms with Crippen molar-refractivity contribution in [2.75, 3.05) is 0 Å². The summed E-state index contributed by atoms with van der Waals surface area (Å²) in [5.74, 6) is 1.23. The standard InChI is InChI=1S/C15H14N2O/c1-10-4-5-11(2)14(6-10)18-15-8-13(9-16)7-12(3)17-15/h4-8H,1-3H3. The van der Waals surface area contributed by atoms with Gasteiger partial charge in [-0.3, -0.25) is 0 Å². The van der Waals surface area contributed by atoms with Gasteiger partial charge in [-0.25, -0.2) is 4.98 Å². The molecule has 1 aromatic heterocycles. The Bertz CT molecular complexity index is 627. The number of hydrogen-bond donors (Lipinski definition) is 0. The molecule has 0 saturated heterocycles. The predicted molar refractivity (Wildman–Crippen MR) is 69.7 cm³/mol. The minimum atomic E-state index is 0.459. The summed E-state index contributed by atoms with van der Waals surface area (Å²) in [4.78, 5) is 4.27. The first-order chi connectivity index (χ1) is 8.58. The molecule has 18 heavy (non-hydrogen) atoms. The molecule has 3 heteroatoms. The Morgan fingerprint density at radius 1 is 1.11 bits per heavy atom. The van der Waals surface area contributed by atoms with E-state index in [1.807, 2.05) is 39.0 Å². The maximum atomic E-state index is 8.92. The van der Waals surface area contributed by atoms with Crippen LogP contribution in [0.2, 0.25) is 0 Å². The van der Waals surface area contributed by atoms with Crippen molar-refractivity contribution >= 4 is 0 Å². The monoisotopic (exact) mass is 238 g/mol. The van der Waals surface area contributed by atoms with Crippen LogP contribution in [0.25, 0.3) is 0 Å². The van der Waals surface area contributed by atoms with E-state index < -0.39 is 0 Å². The van der Waals surface area contributed by atoms with Gasteiger partial charge in [0.25, 0.3) is 0 Å². The van der Waals surface area contributed by atoms with E-state index >= 15 is 0 Å². The van der Waals surface area contributed by atoms with E-state index in [1.54, 1.807) is 12.1 Å². The predicted octanol–water partition coefficient (Wildman–Crippen LogP) is 3.67. The highest BCUT2D eigenvalue weighted by molar-refractivity contribution is 5.40. The van der Waals surface area contributed by atoms with E-state index in [-0.39, 0.29) is 0 Å². The number of nitriles is 1. The maximum absolute atomic E-state index is 8.92. The fourth-order valence-corrected chi connectivity index (χ4v) is 1.68. The third-order valence-corrected chi connectivity index (χ3v) is 2.62. The molecule has 2 rings (SSSR count). The van der Waals surface area contributed by atoms with Crippen molar-refractivity contribution in [3.63, 3.8) is 0 Å². The molecule has 0 N–H and O–H groups in total. The Hall–Kier alpha value is -2.34. The number of ether oxygens (including phenoxy) is 1. The quantitative estimate of drug-likeness (QED) is 0.801. The first-order valence-corrected chi connectivity index (χ1v) is 5.72. The summed E-state index contributed by atoms with van der Waals surface area (Å²) >= 11 is 0. The minimum Gasteiger partial charge on any atom is -0.439 e. The highest BCUT2D eigenvalue weighted by atomic mass is 16.5. The second-order valence-corrected chi connectivity index (χ2v) is 4.32. The fraction of sp³-hybridized carbons (Fsp3) is 0.200. The Kier molecular flexibility index (Phi) is 3.29. The van der Waals surface area contributed by atoms with Crippen LogP contribution in [-0.4, -0.2) is 4.98 Å². The zero-order chi connectivity index (χ0) is 13.1. The van der Waals surface area contributed by atoms with Crippen LogP contribution in [0.4, 0.5) is 0 Å². The number of aromatic nitrogens is 1. The van der Waals surface area contributed by atoms with Crippen LogP contribution < -0.4 is 4.74 Å². The van der Waals surface area contributed by atoms with Gasteiger partial charge in [0.2, 0.25) is 5.88 Å². The molecule has 0 aliphatic heterocycles. The highest BCUT2D eigenvalue weighted by Crippen LogP contribution is 2.25. The van der Waals surface area contributed by atoms with Crippen molar-refractivity contribution in [1.82, 2.24) is 4.98 Å². The highest BCUT2D eigenvalue weighted by Gasteiger charge is 2.05. The van der Waals surface area contributed by atoms with E-state index in [0.717, 1.165) is 22.6 Å². The Morgan fingerprint density at radius 3 is 2.61 bits per heavy atom. The number of benzene rings is 1. The van der Waals surface area contributed by atoms with E-state index in [4.69, 9.17) is 10.00 Å². The van der Waals surface area contributed by atoms with Gasteiger partial charge in [-0.1, -0.05) is 12.1 Å². The fourth-order valence-electron chi connectivity index (χ4n) is 1.68. The zero-order valence-corrected chi connectivity index (χ0v) is 10.7. The summed E-state index contributed by atoms with van der Waals surface area (Å²) in [5, 5.41) is 8.92. The van der Waals surface area contributed by atoms with Crippen molar-refractivity contribution in [1.29, 1.82) is 5.26 Å². The van der Waals surface area contributed by atoms with Crippen LogP contribution >= 0.6 is 0 Å². The number of rotatable bonds is 2. The molecular formula is C15H14N2O. The van der Waals surface area contributed by atoms with Gasteiger partial charge < -0.3 is 4.74 Å². The van der Waals surface area contributed by atoms with Gasteiger partial charge in [-0.2, -0.15) is 5.26 Å². The number of nitrogens with zero attached hydrogens (tertiary/aromatic N) is 2. The van der Waals surface area contributed by atoms with E-state index in [1.165, 1.54) is 0 Å². The molecule has 3 nitrogen and oxygen atoms in total. The molecule has 0 aliphatic rings. The lowest BCUT2D eigenvalue weighted by atomic mass is 10.1. The minimum absolute atomic E-state index is 0.459.